The number of likely N-dealkylation sites (tertiary alicyclic amines) is 2. The zero-order chi connectivity index (χ0) is 20.5. The summed E-state index contributed by atoms with van der Waals surface area (Å²) in [6.45, 7) is 6.78. The highest BCUT2D eigenvalue weighted by Crippen LogP contribution is 2.21. The number of carbonyl (C=O) groups is 2. The van der Waals surface area contributed by atoms with Gasteiger partial charge in [-0.15, -0.1) is 0 Å². The topological polar surface area (TPSA) is 64.7 Å². The number of piperidine rings is 2. The number of rotatable bonds is 7. The summed E-state index contributed by atoms with van der Waals surface area (Å²) in [5.41, 5.74) is 0.818. The first-order chi connectivity index (χ1) is 14.1. The first-order valence-electron chi connectivity index (χ1n) is 11.2. The second-order valence-electron chi connectivity index (χ2n) is 8.52. The van der Waals surface area contributed by atoms with Crippen LogP contribution in [0.4, 0.5) is 10.5 Å². The molecule has 2 saturated heterocycles. The van der Waals surface area contributed by atoms with Gasteiger partial charge in [0.15, 0.2) is 0 Å². The van der Waals surface area contributed by atoms with Gasteiger partial charge in [-0.2, -0.15) is 0 Å². The van der Waals surface area contributed by atoms with Crippen LogP contribution in [0.15, 0.2) is 30.3 Å². The van der Waals surface area contributed by atoms with Gasteiger partial charge < -0.3 is 20.4 Å². The Kier molecular flexibility index (Phi) is 8.35. The van der Waals surface area contributed by atoms with Crippen LogP contribution in [0.1, 0.15) is 51.9 Å². The number of amides is 3. The molecule has 0 bridgehead atoms. The van der Waals surface area contributed by atoms with E-state index in [9.17, 15) is 9.59 Å². The quantitative estimate of drug-likeness (QED) is 0.686. The number of benzene rings is 1. The minimum Gasteiger partial charge on any atom is -0.356 e. The summed E-state index contributed by atoms with van der Waals surface area (Å²) >= 11 is 0. The highest BCUT2D eigenvalue weighted by atomic mass is 16.2. The summed E-state index contributed by atoms with van der Waals surface area (Å²) < 4.78 is 0. The molecule has 2 fully saturated rings. The molecule has 0 aliphatic carbocycles. The maximum Gasteiger partial charge on any atom is 0.321 e. The van der Waals surface area contributed by atoms with Crippen LogP contribution in [0, 0.1) is 5.92 Å². The van der Waals surface area contributed by atoms with Gasteiger partial charge in [-0.3, -0.25) is 4.79 Å². The Labute approximate surface area is 175 Å². The van der Waals surface area contributed by atoms with Crippen molar-refractivity contribution >= 4 is 17.6 Å². The molecule has 3 rings (SSSR count). The third-order valence-corrected chi connectivity index (χ3v) is 6.29. The van der Waals surface area contributed by atoms with Crippen molar-refractivity contribution < 1.29 is 9.59 Å². The summed E-state index contributed by atoms with van der Waals surface area (Å²) in [7, 11) is 0. The fraction of sp³-hybridized carbons (Fsp3) is 0.652. The Morgan fingerprint density at radius 1 is 1.03 bits per heavy atom. The second kappa shape index (κ2) is 11.2. The van der Waals surface area contributed by atoms with Crippen LogP contribution in [0.2, 0.25) is 0 Å². The minimum atomic E-state index is -0.0500. The van der Waals surface area contributed by atoms with Crippen molar-refractivity contribution in [2.75, 3.05) is 38.0 Å². The van der Waals surface area contributed by atoms with Crippen LogP contribution in [0.3, 0.4) is 0 Å². The average Bonchev–Trinajstić information content (AvgIpc) is 2.73. The summed E-state index contributed by atoms with van der Waals surface area (Å²) in [5, 5.41) is 6.03. The Morgan fingerprint density at radius 3 is 2.52 bits per heavy atom. The summed E-state index contributed by atoms with van der Waals surface area (Å²) in [5.74, 6) is 0.529. The van der Waals surface area contributed by atoms with Gasteiger partial charge in [0.25, 0.3) is 0 Å². The van der Waals surface area contributed by atoms with Crippen LogP contribution < -0.4 is 10.6 Å². The van der Waals surface area contributed by atoms with E-state index >= 15 is 0 Å². The molecule has 1 aromatic carbocycles. The number of nitrogens with one attached hydrogen (secondary N) is 2. The fourth-order valence-corrected chi connectivity index (χ4v) is 4.40. The lowest BCUT2D eigenvalue weighted by molar-refractivity contribution is -0.122. The average molecular weight is 401 g/mol. The fourth-order valence-electron chi connectivity index (χ4n) is 4.40. The van der Waals surface area contributed by atoms with Crippen molar-refractivity contribution in [3.63, 3.8) is 0 Å². The molecule has 1 atom stereocenters. The van der Waals surface area contributed by atoms with Gasteiger partial charge in [-0.05, 0) is 63.6 Å². The zero-order valence-electron chi connectivity index (χ0n) is 17.7. The van der Waals surface area contributed by atoms with Gasteiger partial charge in [0.2, 0.25) is 5.91 Å². The standard InChI is InChI=1S/C23H36N4O2/c1-19-8-5-6-14-26(19)15-7-13-24-22(28)18-20-11-16-27(17-12-20)23(29)25-21-9-3-2-4-10-21/h2-4,9-10,19-20H,5-8,11-18H2,1H3,(H,24,28)(H,25,29)/t19-/m1/s1. The molecule has 160 valence electrons. The largest absolute Gasteiger partial charge is 0.356 e. The molecular formula is C23H36N4O2. The van der Waals surface area contributed by atoms with Gasteiger partial charge in [0.1, 0.15) is 0 Å². The summed E-state index contributed by atoms with van der Waals surface area (Å²) in [4.78, 5) is 29.0. The Morgan fingerprint density at radius 2 is 1.79 bits per heavy atom. The van der Waals surface area contributed by atoms with Crippen molar-refractivity contribution in [3.05, 3.63) is 30.3 Å². The maximum absolute atomic E-state index is 12.4. The molecule has 3 amide bonds. The molecule has 6 nitrogen and oxygen atoms in total. The van der Waals surface area contributed by atoms with Gasteiger partial charge in [-0.1, -0.05) is 24.6 Å². The SMILES string of the molecule is C[C@@H]1CCCCN1CCCNC(=O)CC1CCN(C(=O)Nc2ccccc2)CC1. The molecule has 2 N–H and O–H groups in total. The molecule has 2 heterocycles. The molecule has 6 heteroatoms. The lowest BCUT2D eigenvalue weighted by Crippen LogP contribution is -2.42. The van der Waals surface area contributed by atoms with Gasteiger partial charge in [0, 0.05) is 44.3 Å². The minimum absolute atomic E-state index is 0.0500. The van der Waals surface area contributed by atoms with Crippen molar-refractivity contribution in [1.29, 1.82) is 0 Å². The van der Waals surface area contributed by atoms with Crippen LogP contribution in [0.25, 0.3) is 0 Å². The number of para-hydroxylation sites is 1. The van der Waals surface area contributed by atoms with E-state index in [1.165, 1.54) is 25.8 Å². The number of urea groups is 1. The first-order valence-corrected chi connectivity index (χ1v) is 11.2. The highest BCUT2D eigenvalue weighted by molar-refractivity contribution is 5.89. The predicted octanol–water partition coefficient (Wildman–Crippen LogP) is 3.70. The number of carbonyl (C=O) groups excluding carboxylic acids is 2. The van der Waals surface area contributed by atoms with E-state index in [1.54, 1.807) is 0 Å². The Hall–Kier alpha value is -2.08. The van der Waals surface area contributed by atoms with E-state index in [0.29, 0.717) is 31.5 Å². The number of nitrogens with zero attached hydrogens (tertiary/aromatic N) is 2. The summed E-state index contributed by atoms with van der Waals surface area (Å²) in [6.07, 6.45) is 7.33. The first kappa shape index (κ1) is 21.6. The van der Waals surface area contributed by atoms with Gasteiger partial charge in [0.05, 0.1) is 0 Å². The third-order valence-electron chi connectivity index (χ3n) is 6.29. The Balaban J connectivity index is 1.28. The maximum atomic E-state index is 12.4. The predicted molar refractivity (Wildman–Crippen MR) is 117 cm³/mol. The van der Waals surface area contributed by atoms with Crippen molar-refractivity contribution in [3.8, 4) is 0 Å². The summed E-state index contributed by atoms with van der Waals surface area (Å²) in [6, 6.07) is 10.2. The van der Waals surface area contributed by atoms with Crippen LogP contribution in [-0.4, -0.2) is 60.5 Å². The Bertz CT molecular complexity index is 644. The van der Waals surface area contributed by atoms with E-state index in [4.69, 9.17) is 0 Å². The van der Waals surface area contributed by atoms with Crippen molar-refractivity contribution in [1.82, 2.24) is 15.1 Å². The molecule has 0 unspecified atom stereocenters. The van der Waals surface area contributed by atoms with Crippen LogP contribution in [0.5, 0.6) is 0 Å². The smallest absolute Gasteiger partial charge is 0.321 e. The molecule has 0 saturated carbocycles. The van der Waals surface area contributed by atoms with E-state index in [2.05, 4.69) is 22.5 Å². The van der Waals surface area contributed by atoms with E-state index in [-0.39, 0.29) is 11.9 Å². The second-order valence-corrected chi connectivity index (χ2v) is 8.52. The molecule has 1 aromatic rings. The zero-order valence-corrected chi connectivity index (χ0v) is 17.7. The lowest BCUT2D eigenvalue weighted by Gasteiger charge is -2.33. The van der Waals surface area contributed by atoms with E-state index < -0.39 is 0 Å². The van der Waals surface area contributed by atoms with E-state index in [0.717, 1.165) is 38.0 Å². The lowest BCUT2D eigenvalue weighted by atomic mass is 9.93. The highest BCUT2D eigenvalue weighted by Gasteiger charge is 2.24. The van der Waals surface area contributed by atoms with Crippen LogP contribution >= 0.6 is 0 Å². The monoisotopic (exact) mass is 400 g/mol. The molecule has 0 spiro atoms. The number of hydrogen-bond acceptors (Lipinski definition) is 3. The molecule has 2 aliphatic heterocycles. The molecular weight excluding hydrogens is 364 g/mol. The van der Waals surface area contributed by atoms with Gasteiger partial charge in [-0.25, -0.2) is 4.79 Å². The van der Waals surface area contributed by atoms with Crippen LogP contribution in [-0.2, 0) is 4.79 Å². The molecule has 0 radical (unpaired) electrons. The van der Waals surface area contributed by atoms with Crippen molar-refractivity contribution in [2.45, 2.75) is 57.9 Å². The molecule has 0 aromatic heterocycles. The van der Waals surface area contributed by atoms with E-state index in [1.807, 2.05) is 35.2 Å². The third kappa shape index (κ3) is 7.03. The number of hydrogen-bond donors (Lipinski definition) is 2. The molecule has 29 heavy (non-hydrogen) atoms. The molecule has 2 aliphatic rings. The normalized spacial score (nSPS) is 21.0. The van der Waals surface area contributed by atoms with Gasteiger partial charge >= 0.3 is 6.03 Å². The number of anilines is 1. The van der Waals surface area contributed by atoms with Crippen molar-refractivity contribution in [2.24, 2.45) is 5.92 Å².